The van der Waals surface area contributed by atoms with Crippen LogP contribution < -0.4 is 10.5 Å². The number of halogens is 1. The standard InChI is InChI=1S/C20H25ClN4O4S3/c21-17-7-5-15(30-17)16-6-8-19(31-16)32(28,29)23-14-4-2-9-24(20(14)27)12-18(26)25-10-1-3-13(25)11-22/h5-8,13-14,23H,1-4,9-12,22H2/t13-,14-/m0/s1. The maximum Gasteiger partial charge on any atom is 0.250 e. The number of sulfonamides is 1. The lowest BCUT2D eigenvalue weighted by molar-refractivity contribution is -0.143. The maximum absolute atomic E-state index is 13.0. The van der Waals surface area contributed by atoms with E-state index in [0.717, 1.165) is 33.9 Å². The van der Waals surface area contributed by atoms with Gasteiger partial charge < -0.3 is 15.5 Å². The van der Waals surface area contributed by atoms with Crippen LogP contribution in [0.5, 0.6) is 0 Å². The summed E-state index contributed by atoms with van der Waals surface area (Å²) >= 11 is 8.48. The van der Waals surface area contributed by atoms with Crippen LogP contribution in [0.3, 0.4) is 0 Å². The molecule has 0 aromatic carbocycles. The van der Waals surface area contributed by atoms with E-state index in [2.05, 4.69) is 4.72 Å². The van der Waals surface area contributed by atoms with Gasteiger partial charge >= 0.3 is 0 Å². The topological polar surface area (TPSA) is 113 Å². The Labute approximate surface area is 200 Å². The highest BCUT2D eigenvalue weighted by Crippen LogP contribution is 2.36. The van der Waals surface area contributed by atoms with Crippen LogP contribution in [0.4, 0.5) is 0 Å². The molecule has 2 atom stereocenters. The summed E-state index contributed by atoms with van der Waals surface area (Å²) < 4.78 is 29.2. The van der Waals surface area contributed by atoms with Crippen molar-refractivity contribution in [1.82, 2.24) is 14.5 Å². The van der Waals surface area contributed by atoms with Crippen molar-refractivity contribution in [3.8, 4) is 9.75 Å². The molecule has 174 valence electrons. The van der Waals surface area contributed by atoms with Crippen LogP contribution >= 0.6 is 34.3 Å². The number of hydrogen-bond acceptors (Lipinski definition) is 7. The van der Waals surface area contributed by atoms with Crippen molar-refractivity contribution in [1.29, 1.82) is 0 Å². The summed E-state index contributed by atoms with van der Waals surface area (Å²) in [6, 6.07) is 6.01. The molecule has 2 aromatic rings. The summed E-state index contributed by atoms with van der Waals surface area (Å²) in [5.74, 6) is -0.495. The normalized spacial score (nSPS) is 22.0. The van der Waals surface area contributed by atoms with Gasteiger partial charge in [-0.1, -0.05) is 11.6 Å². The fourth-order valence-electron chi connectivity index (χ4n) is 4.16. The van der Waals surface area contributed by atoms with E-state index in [-0.39, 0.29) is 28.6 Å². The zero-order valence-electron chi connectivity index (χ0n) is 17.3. The molecule has 32 heavy (non-hydrogen) atoms. The van der Waals surface area contributed by atoms with Crippen LogP contribution in [0, 0.1) is 0 Å². The second-order valence-corrected chi connectivity index (χ2v) is 12.7. The molecule has 2 aliphatic heterocycles. The van der Waals surface area contributed by atoms with Gasteiger partial charge in [0.15, 0.2) is 0 Å². The van der Waals surface area contributed by atoms with Crippen molar-refractivity contribution in [3.05, 3.63) is 28.6 Å². The van der Waals surface area contributed by atoms with E-state index < -0.39 is 16.1 Å². The average molecular weight is 517 g/mol. The molecule has 0 spiro atoms. The monoisotopic (exact) mass is 516 g/mol. The van der Waals surface area contributed by atoms with Crippen molar-refractivity contribution >= 4 is 56.1 Å². The van der Waals surface area contributed by atoms with E-state index in [1.807, 2.05) is 6.07 Å². The van der Waals surface area contributed by atoms with Crippen LogP contribution in [0.1, 0.15) is 25.7 Å². The van der Waals surface area contributed by atoms with Crippen molar-refractivity contribution in [2.75, 3.05) is 26.2 Å². The van der Waals surface area contributed by atoms with Gasteiger partial charge in [0.1, 0.15) is 10.3 Å². The largest absolute Gasteiger partial charge is 0.337 e. The van der Waals surface area contributed by atoms with E-state index in [0.29, 0.717) is 36.8 Å². The van der Waals surface area contributed by atoms with Gasteiger partial charge in [0.25, 0.3) is 10.0 Å². The number of thiophene rings is 2. The molecule has 0 unspecified atom stereocenters. The molecule has 2 amide bonds. The quantitative estimate of drug-likeness (QED) is 0.586. The zero-order valence-corrected chi connectivity index (χ0v) is 20.5. The highest BCUT2D eigenvalue weighted by molar-refractivity contribution is 7.91. The van der Waals surface area contributed by atoms with Gasteiger partial charge in [-0.15, -0.1) is 22.7 Å². The summed E-state index contributed by atoms with van der Waals surface area (Å²) in [5, 5.41) is 0. The first-order valence-corrected chi connectivity index (χ1v) is 13.9. The third-order valence-electron chi connectivity index (χ3n) is 5.79. The van der Waals surface area contributed by atoms with Crippen molar-refractivity contribution in [3.63, 3.8) is 0 Å². The summed E-state index contributed by atoms with van der Waals surface area (Å²) in [6.45, 7) is 1.44. The van der Waals surface area contributed by atoms with Gasteiger partial charge in [0.2, 0.25) is 11.8 Å². The minimum Gasteiger partial charge on any atom is -0.337 e. The van der Waals surface area contributed by atoms with Crippen LogP contribution in [0.2, 0.25) is 4.34 Å². The van der Waals surface area contributed by atoms with Gasteiger partial charge in [-0.2, -0.15) is 4.72 Å². The zero-order chi connectivity index (χ0) is 22.9. The average Bonchev–Trinajstić information content (AvgIpc) is 3.50. The van der Waals surface area contributed by atoms with Gasteiger partial charge in [0, 0.05) is 35.4 Å². The first kappa shape index (κ1) is 23.7. The minimum absolute atomic E-state index is 0.0166. The lowest BCUT2D eigenvalue weighted by Gasteiger charge is -2.34. The Balaban J connectivity index is 1.42. The molecule has 2 aromatic heterocycles. The van der Waals surface area contributed by atoms with Crippen molar-refractivity contribution in [2.24, 2.45) is 5.73 Å². The molecule has 12 heteroatoms. The summed E-state index contributed by atoms with van der Waals surface area (Å²) in [7, 11) is -3.87. The second kappa shape index (κ2) is 9.78. The van der Waals surface area contributed by atoms with E-state index >= 15 is 0 Å². The van der Waals surface area contributed by atoms with Crippen LogP contribution in [0.15, 0.2) is 28.5 Å². The van der Waals surface area contributed by atoms with Gasteiger partial charge in [-0.3, -0.25) is 9.59 Å². The summed E-state index contributed by atoms with van der Waals surface area (Å²) in [6.07, 6.45) is 2.80. The molecule has 0 radical (unpaired) electrons. The van der Waals surface area contributed by atoms with Gasteiger partial charge in [0.05, 0.1) is 10.9 Å². The third-order valence-corrected chi connectivity index (χ3v) is 10.3. The van der Waals surface area contributed by atoms with Crippen molar-refractivity contribution < 1.29 is 18.0 Å². The fraction of sp³-hybridized carbons (Fsp3) is 0.500. The number of carbonyl (C=O) groups is 2. The number of amides is 2. The Kier molecular flexibility index (Phi) is 7.23. The predicted molar refractivity (Wildman–Crippen MR) is 126 cm³/mol. The fourth-order valence-corrected chi connectivity index (χ4v) is 7.84. The van der Waals surface area contributed by atoms with Crippen LogP contribution in [0.25, 0.3) is 9.75 Å². The van der Waals surface area contributed by atoms with Crippen LogP contribution in [-0.4, -0.2) is 68.3 Å². The van der Waals surface area contributed by atoms with E-state index in [9.17, 15) is 18.0 Å². The molecule has 2 saturated heterocycles. The van der Waals surface area contributed by atoms with E-state index in [4.69, 9.17) is 17.3 Å². The summed E-state index contributed by atoms with van der Waals surface area (Å²) in [4.78, 5) is 30.6. The number of rotatable bonds is 7. The number of likely N-dealkylation sites (tertiary alicyclic amines) is 2. The van der Waals surface area contributed by atoms with E-state index in [1.165, 1.54) is 22.3 Å². The molecule has 3 N–H and O–H groups in total. The smallest absolute Gasteiger partial charge is 0.250 e. The molecule has 4 heterocycles. The third kappa shape index (κ3) is 5.02. The number of carbonyl (C=O) groups excluding carboxylic acids is 2. The molecule has 4 rings (SSSR count). The lowest BCUT2D eigenvalue weighted by Crippen LogP contribution is -2.55. The first-order chi connectivity index (χ1) is 15.3. The molecule has 0 bridgehead atoms. The van der Waals surface area contributed by atoms with Gasteiger partial charge in [-0.05, 0) is 49.9 Å². The Morgan fingerprint density at radius 2 is 1.84 bits per heavy atom. The van der Waals surface area contributed by atoms with Crippen LogP contribution in [-0.2, 0) is 19.6 Å². The number of hydrogen-bond donors (Lipinski definition) is 2. The number of nitrogens with two attached hydrogens (primary N) is 1. The number of piperidine rings is 1. The maximum atomic E-state index is 13.0. The molecular weight excluding hydrogens is 492 g/mol. The Bertz CT molecular complexity index is 1100. The Morgan fingerprint density at radius 3 is 2.56 bits per heavy atom. The molecular formula is C20H25ClN4O4S3. The molecule has 2 fully saturated rings. The summed E-state index contributed by atoms with van der Waals surface area (Å²) in [5.41, 5.74) is 5.75. The molecule has 0 saturated carbocycles. The molecule has 2 aliphatic rings. The highest BCUT2D eigenvalue weighted by atomic mass is 35.5. The molecule has 8 nitrogen and oxygen atoms in total. The Morgan fingerprint density at radius 1 is 1.12 bits per heavy atom. The van der Waals surface area contributed by atoms with E-state index in [1.54, 1.807) is 17.0 Å². The SMILES string of the molecule is NC[C@@H]1CCCN1C(=O)CN1CCC[C@H](NS(=O)(=O)c2ccc(-c3ccc(Cl)s3)s2)C1=O. The Hall–Kier alpha value is -1.50. The van der Waals surface area contributed by atoms with Crippen molar-refractivity contribution in [2.45, 2.75) is 42.0 Å². The minimum atomic E-state index is -3.87. The number of nitrogens with one attached hydrogen (secondary N) is 1. The number of nitrogens with zero attached hydrogens (tertiary/aromatic N) is 2. The molecule has 0 aliphatic carbocycles. The lowest BCUT2D eigenvalue weighted by atomic mass is 10.1. The van der Waals surface area contributed by atoms with Gasteiger partial charge in [-0.25, -0.2) is 8.42 Å². The predicted octanol–water partition coefficient (Wildman–Crippen LogP) is 2.35. The second-order valence-electron chi connectivity index (χ2n) is 7.92. The first-order valence-electron chi connectivity index (χ1n) is 10.4. The highest BCUT2D eigenvalue weighted by Gasteiger charge is 2.36.